The molecule has 0 aromatic carbocycles. The second-order valence-corrected chi connectivity index (χ2v) is 10.4. The molecule has 0 aromatic heterocycles. The highest BCUT2D eigenvalue weighted by molar-refractivity contribution is 7.92. The van der Waals surface area contributed by atoms with Crippen molar-refractivity contribution >= 4 is 19.9 Å². The fraction of sp³-hybridized carbons (Fsp3) is 1.00. The van der Waals surface area contributed by atoms with Gasteiger partial charge in [-0.05, 0) is 37.8 Å². The topological polar surface area (TPSA) is 83.5 Å². The second kappa shape index (κ2) is 4.68. The number of rotatable bonds is 2. The fourth-order valence-electron chi connectivity index (χ4n) is 3.40. The van der Waals surface area contributed by atoms with Gasteiger partial charge in [-0.15, -0.1) is 0 Å². The van der Waals surface area contributed by atoms with Crippen LogP contribution in [0.5, 0.6) is 0 Å². The predicted molar refractivity (Wildman–Crippen MR) is 72.0 cm³/mol. The first-order valence-corrected chi connectivity index (χ1v) is 10.1. The number of sulfone groups is 1. The van der Waals surface area contributed by atoms with Crippen molar-refractivity contribution in [3.8, 4) is 0 Å². The Balaban J connectivity index is 1.70. The lowest BCUT2D eigenvalue weighted by Crippen LogP contribution is -2.42. The molecule has 2 atom stereocenters. The van der Waals surface area contributed by atoms with Crippen molar-refractivity contribution in [1.82, 2.24) is 9.62 Å². The lowest BCUT2D eigenvalue weighted by Gasteiger charge is -2.27. The molecule has 19 heavy (non-hydrogen) atoms. The van der Waals surface area contributed by atoms with E-state index in [0.717, 1.165) is 13.1 Å². The maximum absolute atomic E-state index is 12.5. The van der Waals surface area contributed by atoms with E-state index in [-0.39, 0.29) is 24.3 Å². The molecule has 0 amide bonds. The third kappa shape index (κ3) is 2.55. The van der Waals surface area contributed by atoms with Gasteiger partial charge in [0.2, 0.25) is 10.0 Å². The molecule has 1 N–H and O–H groups in total. The van der Waals surface area contributed by atoms with Crippen LogP contribution < -0.4 is 5.32 Å². The maximum Gasteiger partial charge on any atom is 0.217 e. The van der Waals surface area contributed by atoms with Crippen LogP contribution in [0.25, 0.3) is 0 Å². The molecule has 3 rings (SSSR count). The summed E-state index contributed by atoms with van der Waals surface area (Å²) < 4.78 is 49.5. The molecule has 3 aliphatic heterocycles. The minimum atomic E-state index is -3.31. The summed E-state index contributed by atoms with van der Waals surface area (Å²) >= 11 is 0. The molecule has 0 saturated carbocycles. The minimum absolute atomic E-state index is 0.0130. The maximum atomic E-state index is 12.5. The first kappa shape index (κ1) is 13.8. The van der Waals surface area contributed by atoms with Gasteiger partial charge in [0, 0.05) is 13.1 Å². The monoisotopic (exact) mass is 308 g/mol. The van der Waals surface area contributed by atoms with Crippen molar-refractivity contribution < 1.29 is 16.8 Å². The Morgan fingerprint density at radius 1 is 1.00 bits per heavy atom. The highest BCUT2D eigenvalue weighted by Crippen LogP contribution is 2.31. The quantitative estimate of drug-likeness (QED) is 0.711. The van der Waals surface area contributed by atoms with E-state index < -0.39 is 25.1 Å². The van der Waals surface area contributed by atoms with Crippen LogP contribution in [0.1, 0.15) is 12.8 Å². The lowest BCUT2D eigenvalue weighted by atomic mass is 10.0. The van der Waals surface area contributed by atoms with Crippen LogP contribution in [-0.4, -0.2) is 64.1 Å². The zero-order valence-corrected chi connectivity index (χ0v) is 12.4. The number of hydrogen-bond acceptors (Lipinski definition) is 5. The van der Waals surface area contributed by atoms with Crippen molar-refractivity contribution in [1.29, 1.82) is 0 Å². The molecular formula is C11H20N2O4S2. The highest BCUT2D eigenvalue weighted by Gasteiger charge is 2.44. The van der Waals surface area contributed by atoms with E-state index in [1.54, 1.807) is 4.31 Å². The molecule has 0 aliphatic carbocycles. The molecule has 0 radical (unpaired) electrons. The van der Waals surface area contributed by atoms with E-state index in [9.17, 15) is 16.8 Å². The summed E-state index contributed by atoms with van der Waals surface area (Å²) in [6, 6.07) is 0. The summed E-state index contributed by atoms with van der Waals surface area (Å²) in [4.78, 5) is 0. The summed E-state index contributed by atoms with van der Waals surface area (Å²) in [6.07, 6.45) is 0.517. The van der Waals surface area contributed by atoms with Gasteiger partial charge in [-0.3, -0.25) is 0 Å². The Kier molecular flexibility index (Phi) is 3.40. The van der Waals surface area contributed by atoms with Crippen molar-refractivity contribution in [2.24, 2.45) is 11.8 Å². The standard InChI is InChI=1S/C11H20N2O4S2/c14-18(15)3-1-11(2-4-18)19(16,17)13-7-9-5-12-6-10(9)8-13/h9-12H,1-8H2. The first-order chi connectivity index (χ1) is 8.88. The molecule has 3 heterocycles. The van der Waals surface area contributed by atoms with Gasteiger partial charge in [0.25, 0.3) is 0 Å². The molecule has 0 bridgehead atoms. The van der Waals surface area contributed by atoms with Crippen LogP contribution in [0, 0.1) is 11.8 Å². The average molecular weight is 308 g/mol. The predicted octanol–water partition coefficient (Wildman–Crippen LogP) is -0.955. The summed E-state index contributed by atoms with van der Waals surface area (Å²) in [5.74, 6) is 0.891. The molecule has 8 heteroatoms. The smallest absolute Gasteiger partial charge is 0.217 e. The van der Waals surface area contributed by atoms with E-state index in [4.69, 9.17) is 0 Å². The molecule has 3 fully saturated rings. The number of nitrogens with zero attached hydrogens (tertiary/aromatic N) is 1. The third-order valence-corrected chi connectivity index (χ3v) is 8.69. The third-order valence-electron chi connectivity index (χ3n) is 4.64. The zero-order valence-electron chi connectivity index (χ0n) is 10.8. The number of sulfonamides is 1. The normalized spacial score (nSPS) is 36.4. The van der Waals surface area contributed by atoms with E-state index in [1.165, 1.54) is 0 Å². The zero-order chi connectivity index (χ0) is 13.7. The summed E-state index contributed by atoms with van der Waals surface area (Å²) in [6.45, 7) is 3.00. The van der Waals surface area contributed by atoms with Gasteiger partial charge < -0.3 is 5.32 Å². The summed E-state index contributed by atoms with van der Waals surface area (Å²) in [7, 11) is -6.32. The Morgan fingerprint density at radius 3 is 2.05 bits per heavy atom. The average Bonchev–Trinajstić information content (AvgIpc) is 2.88. The SMILES string of the molecule is O=S1(=O)CCC(S(=O)(=O)N2CC3CNCC3C2)CC1. The lowest BCUT2D eigenvalue weighted by molar-refractivity contribution is 0.433. The van der Waals surface area contributed by atoms with Gasteiger partial charge in [0.15, 0.2) is 0 Å². The fourth-order valence-corrected chi connectivity index (χ4v) is 7.24. The number of hydrogen-bond donors (Lipinski definition) is 1. The molecule has 110 valence electrons. The van der Waals surface area contributed by atoms with Crippen LogP contribution in [0.4, 0.5) is 0 Å². The van der Waals surface area contributed by atoms with Crippen LogP contribution in [-0.2, 0) is 19.9 Å². The van der Waals surface area contributed by atoms with E-state index >= 15 is 0 Å². The number of nitrogens with one attached hydrogen (secondary N) is 1. The molecule has 6 nitrogen and oxygen atoms in total. The van der Waals surface area contributed by atoms with E-state index in [1.807, 2.05) is 0 Å². The summed E-state index contributed by atoms with van der Waals surface area (Å²) in [5.41, 5.74) is 0. The van der Waals surface area contributed by atoms with Crippen LogP contribution in [0.2, 0.25) is 0 Å². The van der Waals surface area contributed by atoms with Crippen LogP contribution in [0.15, 0.2) is 0 Å². The van der Waals surface area contributed by atoms with Gasteiger partial charge in [-0.25, -0.2) is 21.1 Å². The van der Waals surface area contributed by atoms with Gasteiger partial charge in [0.1, 0.15) is 9.84 Å². The second-order valence-electron chi connectivity index (χ2n) is 5.89. The van der Waals surface area contributed by atoms with Crippen molar-refractivity contribution in [3.05, 3.63) is 0 Å². The highest BCUT2D eigenvalue weighted by atomic mass is 32.2. The molecular weight excluding hydrogens is 288 g/mol. The van der Waals surface area contributed by atoms with Gasteiger partial charge in [-0.1, -0.05) is 0 Å². The molecule has 3 saturated heterocycles. The molecule has 0 spiro atoms. The summed E-state index contributed by atoms with van der Waals surface area (Å²) in [5, 5.41) is 2.79. The van der Waals surface area contributed by atoms with Gasteiger partial charge in [0.05, 0.1) is 16.8 Å². The Labute approximate surface area is 114 Å². The van der Waals surface area contributed by atoms with Crippen molar-refractivity contribution in [2.45, 2.75) is 18.1 Å². The number of fused-ring (bicyclic) bond motifs is 1. The van der Waals surface area contributed by atoms with Crippen molar-refractivity contribution in [2.75, 3.05) is 37.7 Å². The molecule has 2 unspecified atom stereocenters. The van der Waals surface area contributed by atoms with Gasteiger partial charge >= 0.3 is 0 Å². The molecule has 0 aromatic rings. The van der Waals surface area contributed by atoms with Crippen LogP contribution >= 0.6 is 0 Å². The first-order valence-electron chi connectivity index (χ1n) is 6.78. The Hall–Kier alpha value is -0.180. The van der Waals surface area contributed by atoms with E-state index in [0.29, 0.717) is 24.9 Å². The minimum Gasteiger partial charge on any atom is -0.316 e. The van der Waals surface area contributed by atoms with Gasteiger partial charge in [-0.2, -0.15) is 0 Å². The van der Waals surface area contributed by atoms with Crippen LogP contribution in [0.3, 0.4) is 0 Å². The van der Waals surface area contributed by atoms with Crippen molar-refractivity contribution in [3.63, 3.8) is 0 Å². The molecule has 3 aliphatic rings. The largest absolute Gasteiger partial charge is 0.316 e. The Morgan fingerprint density at radius 2 is 1.53 bits per heavy atom. The van der Waals surface area contributed by atoms with E-state index in [2.05, 4.69) is 5.32 Å². The Bertz CT molecular complexity index is 531.